The Morgan fingerprint density at radius 1 is 1.07 bits per heavy atom. The number of carbonyl (C=O) groups is 2. The van der Waals surface area contributed by atoms with Gasteiger partial charge in [-0.3, -0.25) is 25.5 Å². The number of hydrogen-bond acceptors (Lipinski definition) is 4. The molecule has 0 atom stereocenters. The van der Waals surface area contributed by atoms with Gasteiger partial charge in [0.1, 0.15) is 11.3 Å². The van der Waals surface area contributed by atoms with Crippen molar-refractivity contribution in [2.24, 2.45) is 0 Å². The van der Waals surface area contributed by atoms with E-state index >= 15 is 0 Å². The number of hydrazine groups is 1. The topological polar surface area (TPSA) is 100 Å². The van der Waals surface area contributed by atoms with Crippen LogP contribution in [0.1, 0.15) is 21.6 Å². The third-order valence-electron chi connectivity index (χ3n) is 4.37. The van der Waals surface area contributed by atoms with Crippen molar-refractivity contribution in [3.05, 3.63) is 77.7 Å². The number of nitrogens with one attached hydrogen (secondary N) is 3. The molecule has 7 heteroatoms. The molecule has 2 amide bonds. The van der Waals surface area contributed by atoms with E-state index in [0.29, 0.717) is 5.69 Å². The van der Waals surface area contributed by atoms with Gasteiger partial charge in [0.15, 0.2) is 0 Å². The maximum atomic E-state index is 12.2. The minimum atomic E-state index is -0.476. The zero-order valence-electron chi connectivity index (χ0n) is 15.2. The second-order valence-corrected chi connectivity index (χ2v) is 6.47. The number of H-pyrrole nitrogens is 1. The van der Waals surface area contributed by atoms with E-state index in [1.54, 1.807) is 12.3 Å². The summed E-state index contributed by atoms with van der Waals surface area (Å²) in [5, 5.41) is 7.68. The van der Waals surface area contributed by atoms with E-state index in [1.807, 2.05) is 55.5 Å². The van der Waals surface area contributed by atoms with Crippen LogP contribution in [-0.4, -0.2) is 22.0 Å². The molecule has 0 aliphatic rings. The fourth-order valence-corrected chi connectivity index (χ4v) is 2.93. The molecule has 0 aliphatic carbocycles. The van der Waals surface area contributed by atoms with Crippen LogP contribution in [0.5, 0.6) is 0 Å². The second-order valence-electron chi connectivity index (χ2n) is 6.47. The molecular formula is C21H18N4O3. The second kappa shape index (κ2) is 7.40. The molecule has 4 rings (SSSR count). The van der Waals surface area contributed by atoms with Crippen molar-refractivity contribution in [1.82, 2.24) is 21.0 Å². The molecule has 0 unspecified atom stereocenters. The molecule has 0 fully saturated rings. The Kier molecular flexibility index (Phi) is 4.63. The molecule has 4 aromatic rings. The van der Waals surface area contributed by atoms with Gasteiger partial charge in [-0.25, -0.2) is 0 Å². The third-order valence-corrected chi connectivity index (χ3v) is 4.37. The van der Waals surface area contributed by atoms with Crippen LogP contribution in [-0.2, 0) is 11.2 Å². The van der Waals surface area contributed by atoms with Crippen LogP contribution in [0.15, 0.2) is 65.3 Å². The van der Waals surface area contributed by atoms with Crippen molar-refractivity contribution in [1.29, 1.82) is 0 Å². The average molecular weight is 374 g/mol. The van der Waals surface area contributed by atoms with Gasteiger partial charge in [-0.05, 0) is 24.6 Å². The van der Waals surface area contributed by atoms with E-state index in [4.69, 9.17) is 4.42 Å². The van der Waals surface area contributed by atoms with Gasteiger partial charge in [0, 0.05) is 16.5 Å². The first kappa shape index (κ1) is 17.5. The average Bonchev–Trinajstić information content (AvgIpc) is 3.34. The highest BCUT2D eigenvalue weighted by molar-refractivity contribution is 5.95. The van der Waals surface area contributed by atoms with Gasteiger partial charge in [-0.15, -0.1) is 0 Å². The van der Waals surface area contributed by atoms with Gasteiger partial charge in [0.05, 0.1) is 18.4 Å². The number of rotatable bonds is 4. The van der Waals surface area contributed by atoms with Gasteiger partial charge >= 0.3 is 0 Å². The quantitative estimate of drug-likeness (QED) is 0.478. The molecule has 2 aromatic heterocycles. The summed E-state index contributed by atoms with van der Waals surface area (Å²) in [5.74, 6) is -0.824. The number of nitrogens with zero attached hydrogens (tertiary/aromatic N) is 1. The summed E-state index contributed by atoms with van der Waals surface area (Å²) >= 11 is 0. The van der Waals surface area contributed by atoms with Gasteiger partial charge in [0.2, 0.25) is 5.91 Å². The minimum Gasteiger partial charge on any atom is -0.464 e. The van der Waals surface area contributed by atoms with E-state index in [-0.39, 0.29) is 18.0 Å². The maximum Gasteiger partial charge on any atom is 0.287 e. The molecule has 3 N–H and O–H groups in total. The smallest absolute Gasteiger partial charge is 0.287 e. The molecule has 2 heterocycles. The highest BCUT2D eigenvalue weighted by Gasteiger charge is 2.14. The van der Waals surface area contributed by atoms with E-state index in [9.17, 15) is 9.59 Å². The zero-order chi connectivity index (χ0) is 19.5. The number of hydrogen-bond donors (Lipinski definition) is 3. The molecule has 0 saturated heterocycles. The molecule has 0 spiro atoms. The lowest BCUT2D eigenvalue weighted by Crippen LogP contribution is -2.42. The number of fused-ring (bicyclic) bond motifs is 1. The number of aromatic nitrogens is 2. The Morgan fingerprint density at radius 3 is 2.71 bits per heavy atom. The summed E-state index contributed by atoms with van der Waals surface area (Å²) in [7, 11) is 0. The molecular weight excluding hydrogens is 356 g/mol. The maximum absolute atomic E-state index is 12.2. The molecule has 0 saturated carbocycles. The lowest BCUT2D eigenvalue weighted by molar-refractivity contribution is -0.121. The summed E-state index contributed by atoms with van der Waals surface area (Å²) in [6.07, 6.45) is 1.65. The van der Waals surface area contributed by atoms with Crippen molar-refractivity contribution in [2.75, 3.05) is 0 Å². The standard InChI is InChI=1S/C21H18N4O3/c1-13-7-8-16-15(12-28-19(16)9-13)10-20(26)24-25-21(27)18-11-17(22-23-18)14-5-3-2-4-6-14/h2-9,11-12H,10H2,1H3,(H,22,23)(H,24,26)(H,25,27). The van der Waals surface area contributed by atoms with E-state index in [1.165, 1.54) is 0 Å². The third kappa shape index (κ3) is 3.64. The summed E-state index contributed by atoms with van der Waals surface area (Å²) in [4.78, 5) is 24.4. The summed E-state index contributed by atoms with van der Waals surface area (Å²) < 4.78 is 5.49. The molecule has 28 heavy (non-hydrogen) atoms. The molecule has 0 aliphatic heterocycles. The van der Waals surface area contributed by atoms with Crippen LogP contribution >= 0.6 is 0 Å². The van der Waals surface area contributed by atoms with E-state index < -0.39 is 5.91 Å². The van der Waals surface area contributed by atoms with Crippen LogP contribution in [0.25, 0.3) is 22.2 Å². The van der Waals surface area contributed by atoms with Crippen molar-refractivity contribution in [3.8, 4) is 11.3 Å². The normalized spacial score (nSPS) is 10.8. The highest BCUT2D eigenvalue weighted by atomic mass is 16.3. The van der Waals surface area contributed by atoms with Crippen LogP contribution < -0.4 is 10.9 Å². The van der Waals surface area contributed by atoms with Gasteiger partial charge in [0.25, 0.3) is 5.91 Å². The first-order valence-corrected chi connectivity index (χ1v) is 8.77. The molecule has 7 nitrogen and oxygen atoms in total. The number of amides is 2. The molecule has 2 aromatic carbocycles. The van der Waals surface area contributed by atoms with E-state index in [0.717, 1.165) is 27.7 Å². The molecule has 140 valence electrons. The fraction of sp³-hybridized carbons (Fsp3) is 0.0952. The van der Waals surface area contributed by atoms with Crippen molar-refractivity contribution in [3.63, 3.8) is 0 Å². The van der Waals surface area contributed by atoms with Gasteiger partial charge in [-0.1, -0.05) is 42.5 Å². The SMILES string of the molecule is Cc1ccc2c(CC(=O)NNC(=O)c3cc(-c4ccccc4)n[nH]3)coc2c1. The Morgan fingerprint density at radius 2 is 1.89 bits per heavy atom. The number of benzene rings is 2. The van der Waals surface area contributed by atoms with Crippen molar-refractivity contribution < 1.29 is 14.0 Å². The number of carbonyl (C=O) groups excluding carboxylic acids is 2. The highest BCUT2D eigenvalue weighted by Crippen LogP contribution is 2.22. The first-order valence-electron chi connectivity index (χ1n) is 8.77. The summed E-state index contributed by atoms with van der Waals surface area (Å²) in [5.41, 5.74) is 9.18. The zero-order valence-corrected chi connectivity index (χ0v) is 15.2. The van der Waals surface area contributed by atoms with Crippen molar-refractivity contribution >= 4 is 22.8 Å². The largest absolute Gasteiger partial charge is 0.464 e. The van der Waals surface area contributed by atoms with Crippen LogP contribution in [0, 0.1) is 6.92 Å². The van der Waals surface area contributed by atoms with Gasteiger partial charge in [-0.2, -0.15) is 5.10 Å². The Labute approximate surface area is 160 Å². The predicted molar refractivity (Wildman–Crippen MR) is 104 cm³/mol. The molecule has 0 bridgehead atoms. The first-order chi connectivity index (χ1) is 13.6. The summed E-state index contributed by atoms with van der Waals surface area (Å²) in [6.45, 7) is 1.97. The minimum absolute atomic E-state index is 0.0918. The van der Waals surface area contributed by atoms with Crippen molar-refractivity contribution in [2.45, 2.75) is 13.3 Å². The lowest BCUT2D eigenvalue weighted by Gasteiger charge is -2.05. The Balaban J connectivity index is 1.37. The van der Waals surface area contributed by atoms with E-state index in [2.05, 4.69) is 21.0 Å². The predicted octanol–water partition coefficient (Wildman–Crippen LogP) is 3.14. The van der Waals surface area contributed by atoms with Crippen LogP contribution in [0.3, 0.4) is 0 Å². The Bertz CT molecular complexity index is 1140. The number of aryl methyl sites for hydroxylation is 1. The number of furan rings is 1. The number of aromatic amines is 1. The monoisotopic (exact) mass is 374 g/mol. The summed E-state index contributed by atoms with van der Waals surface area (Å²) in [6, 6.07) is 16.9. The van der Waals surface area contributed by atoms with Crippen LogP contribution in [0.4, 0.5) is 0 Å². The van der Waals surface area contributed by atoms with Gasteiger partial charge < -0.3 is 4.42 Å². The molecule has 0 radical (unpaired) electrons. The lowest BCUT2D eigenvalue weighted by atomic mass is 10.1. The Hall–Kier alpha value is -3.87. The fourth-order valence-electron chi connectivity index (χ4n) is 2.93. The van der Waals surface area contributed by atoms with Crippen LogP contribution in [0.2, 0.25) is 0 Å².